The number of nitrogens with zero attached hydrogens (tertiary/aromatic N) is 2. The molecule has 3 heteroatoms. The van der Waals surface area contributed by atoms with Crippen molar-refractivity contribution in [3.05, 3.63) is 24.5 Å². The fourth-order valence-corrected chi connectivity index (χ4v) is 1.75. The Morgan fingerprint density at radius 2 is 2.15 bits per heavy atom. The van der Waals surface area contributed by atoms with Crippen LogP contribution in [0.2, 0.25) is 0 Å². The lowest BCUT2D eigenvalue weighted by atomic mass is 9.99. The molecule has 0 unspecified atom stereocenters. The lowest BCUT2D eigenvalue weighted by Gasteiger charge is -2.41. The van der Waals surface area contributed by atoms with Gasteiger partial charge in [0.15, 0.2) is 0 Å². The van der Waals surface area contributed by atoms with Gasteiger partial charge < -0.3 is 10.2 Å². The first-order valence-corrected chi connectivity index (χ1v) is 4.69. The normalized spacial score (nSPS) is 17.2. The molecule has 0 spiro atoms. The second-order valence-corrected chi connectivity index (χ2v) is 3.53. The van der Waals surface area contributed by atoms with Gasteiger partial charge in [-0.3, -0.25) is 4.98 Å². The molecule has 70 valence electrons. The predicted octanol–water partition coefficient (Wildman–Crippen LogP) is 0.737. The molecule has 3 nitrogen and oxygen atoms in total. The highest BCUT2D eigenvalue weighted by Gasteiger charge is 2.25. The maximum Gasteiger partial charge on any atom is 0.0397 e. The zero-order valence-corrected chi connectivity index (χ0v) is 7.90. The molecule has 2 heterocycles. The molecule has 0 radical (unpaired) electrons. The van der Waals surface area contributed by atoms with Gasteiger partial charge in [-0.25, -0.2) is 0 Å². The zero-order valence-electron chi connectivity index (χ0n) is 7.90. The van der Waals surface area contributed by atoms with Gasteiger partial charge in [0.2, 0.25) is 0 Å². The molecule has 1 N–H and O–H groups in total. The van der Waals surface area contributed by atoms with E-state index < -0.39 is 0 Å². The van der Waals surface area contributed by atoms with Crippen LogP contribution in [0.15, 0.2) is 24.5 Å². The third-order valence-electron chi connectivity index (χ3n) is 2.48. The van der Waals surface area contributed by atoms with E-state index in [0.717, 1.165) is 12.5 Å². The average Bonchev–Trinajstić information content (AvgIpc) is 2.12. The van der Waals surface area contributed by atoms with Gasteiger partial charge >= 0.3 is 0 Å². The molecule has 0 bridgehead atoms. The van der Waals surface area contributed by atoms with Crippen molar-refractivity contribution in [3.63, 3.8) is 0 Å². The quantitative estimate of drug-likeness (QED) is 0.738. The Bertz CT molecular complexity index is 254. The fourth-order valence-electron chi connectivity index (χ4n) is 1.75. The largest absolute Gasteiger partial charge is 0.371 e. The van der Waals surface area contributed by atoms with Crippen molar-refractivity contribution in [3.8, 4) is 0 Å². The average molecular weight is 177 g/mol. The Hall–Kier alpha value is -1.09. The smallest absolute Gasteiger partial charge is 0.0397 e. The van der Waals surface area contributed by atoms with Gasteiger partial charge in [-0.2, -0.15) is 0 Å². The number of rotatable bonds is 3. The van der Waals surface area contributed by atoms with E-state index in [2.05, 4.69) is 27.3 Å². The third-order valence-corrected chi connectivity index (χ3v) is 2.48. The molecule has 0 aromatic carbocycles. The van der Waals surface area contributed by atoms with Crippen LogP contribution in [-0.2, 0) is 0 Å². The minimum atomic E-state index is 0.818. The number of pyridine rings is 1. The van der Waals surface area contributed by atoms with E-state index in [0.29, 0.717) is 0 Å². The van der Waals surface area contributed by atoms with Crippen LogP contribution in [0.3, 0.4) is 0 Å². The van der Waals surface area contributed by atoms with Gasteiger partial charge in [0.25, 0.3) is 0 Å². The molecule has 1 fully saturated rings. The Balaban J connectivity index is 1.87. The standard InChI is InChI=1S/C10H15N3/c1-11-6-9-7-13(8-9)10-2-4-12-5-3-10/h2-5,9,11H,6-8H2,1H3. The lowest BCUT2D eigenvalue weighted by molar-refractivity contribution is 0.397. The monoisotopic (exact) mass is 177 g/mol. The molecule has 2 rings (SSSR count). The summed E-state index contributed by atoms with van der Waals surface area (Å²) in [5.74, 6) is 0.818. The maximum absolute atomic E-state index is 4.00. The summed E-state index contributed by atoms with van der Waals surface area (Å²) in [6, 6.07) is 4.13. The fraction of sp³-hybridized carbons (Fsp3) is 0.500. The van der Waals surface area contributed by atoms with Crippen LogP contribution in [-0.4, -0.2) is 31.7 Å². The Morgan fingerprint density at radius 3 is 2.77 bits per heavy atom. The first-order valence-electron chi connectivity index (χ1n) is 4.69. The van der Waals surface area contributed by atoms with Crippen molar-refractivity contribution < 1.29 is 0 Å². The number of hydrogen-bond donors (Lipinski definition) is 1. The van der Waals surface area contributed by atoms with Crippen LogP contribution >= 0.6 is 0 Å². The van der Waals surface area contributed by atoms with E-state index in [4.69, 9.17) is 0 Å². The molecule has 0 atom stereocenters. The van der Waals surface area contributed by atoms with E-state index in [9.17, 15) is 0 Å². The van der Waals surface area contributed by atoms with Crippen molar-refractivity contribution in [2.45, 2.75) is 0 Å². The first kappa shape index (κ1) is 8.51. The lowest BCUT2D eigenvalue weighted by Crippen LogP contribution is -2.50. The Kier molecular flexibility index (Phi) is 2.45. The zero-order chi connectivity index (χ0) is 9.10. The van der Waals surface area contributed by atoms with E-state index in [1.54, 1.807) is 0 Å². The van der Waals surface area contributed by atoms with Crippen LogP contribution in [0, 0.1) is 5.92 Å². The van der Waals surface area contributed by atoms with Crippen molar-refractivity contribution in [2.75, 3.05) is 31.6 Å². The predicted molar refractivity (Wildman–Crippen MR) is 53.9 cm³/mol. The summed E-state index contributed by atoms with van der Waals surface area (Å²) in [6.45, 7) is 3.47. The van der Waals surface area contributed by atoms with E-state index >= 15 is 0 Å². The van der Waals surface area contributed by atoms with E-state index in [1.165, 1.54) is 18.8 Å². The molecule has 1 saturated heterocycles. The summed E-state index contributed by atoms with van der Waals surface area (Å²) in [5, 5.41) is 3.20. The minimum absolute atomic E-state index is 0.818. The molecule has 0 saturated carbocycles. The summed E-state index contributed by atoms with van der Waals surface area (Å²) >= 11 is 0. The first-order chi connectivity index (χ1) is 6.40. The Morgan fingerprint density at radius 1 is 1.46 bits per heavy atom. The highest BCUT2D eigenvalue weighted by molar-refractivity contribution is 5.47. The van der Waals surface area contributed by atoms with Crippen molar-refractivity contribution >= 4 is 5.69 Å². The molecule has 0 aliphatic carbocycles. The second kappa shape index (κ2) is 3.75. The highest BCUT2D eigenvalue weighted by Crippen LogP contribution is 2.22. The van der Waals surface area contributed by atoms with Gasteiger partial charge in [0.1, 0.15) is 0 Å². The summed E-state index contributed by atoms with van der Waals surface area (Å²) in [6.07, 6.45) is 3.70. The highest BCUT2D eigenvalue weighted by atomic mass is 15.2. The van der Waals surface area contributed by atoms with Gasteiger partial charge in [0.05, 0.1) is 0 Å². The number of hydrogen-bond acceptors (Lipinski definition) is 3. The van der Waals surface area contributed by atoms with E-state index in [1.807, 2.05) is 19.4 Å². The van der Waals surface area contributed by atoms with Gasteiger partial charge in [0, 0.05) is 43.6 Å². The molecule has 0 amide bonds. The topological polar surface area (TPSA) is 28.2 Å². The van der Waals surface area contributed by atoms with Crippen LogP contribution in [0.5, 0.6) is 0 Å². The van der Waals surface area contributed by atoms with Gasteiger partial charge in [-0.15, -0.1) is 0 Å². The molecule has 1 aliphatic heterocycles. The molecule has 13 heavy (non-hydrogen) atoms. The molecular weight excluding hydrogens is 162 g/mol. The number of nitrogens with one attached hydrogen (secondary N) is 1. The maximum atomic E-state index is 4.00. The molecule has 1 aromatic heterocycles. The van der Waals surface area contributed by atoms with Crippen LogP contribution in [0.4, 0.5) is 5.69 Å². The van der Waals surface area contributed by atoms with Crippen molar-refractivity contribution in [2.24, 2.45) is 5.92 Å². The second-order valence-electron chi connectivity index (χ2n) is 3.53. The van der Waals surface area contributed by atoms with Gasteiger partial charge in [-0.05, 0) is 19.2 Å². The van der Waals surface area contributed by atoms with Crippen LogP contribution in [0.25, 0.3) is 0 Å². The van der Waals surface area contributed by atoms with Crippen LogP contribution in [0.1, 0.15) is 0 Å². The molecule has 1 aromatic rings. The Labute approximate surface area is 78.8 Å². The van der Waals surface area contributed by atoms with E-state index in [-0.39, 0.29) is 0 Å². The third kappa shape index (κ3) is 1.80. The molecular formula is C10H15N3. The SMILES string of the molecule is CNCC1CN(c2ccncc2)C1. The summed E-state index contributed by atoms with van der Waals surface area (Å²) < 4.78 is 0. The van der Waals surface area contributed by atoms with Gasteiger partial charge in [-0.1, -0.05) is 0 Å². The summed E-state index contributed by atoms with van der Waals surface area (Å²) in [5.41, 5.74) is 1.29. The molecule has 1 aliphatic rings. The van der Waals surface area contributed by atoms with Crippen molar-refractivity contribution in [1.29, 1.82) is 0 Å². The number of anilines is 1. The van der Waals surface area contributed by atoms with Crippen molar-refractivity contribution in [1.82, 2.24) is 10.3 Å². The minimum Gasteiger partial charge on any atom is -0.371 e. The number of aromatic nitrogens is 1. The summed E-state index contributed by atoms with van der Waals surface area (Å²) in [7, 11) is 2.01. The van der Waals surface area contributed by atoms with Crippen LogP contribution < -0.4 is 10.2 Å². The summed E-state index contributed by atoms with van der Waals surface area (Å²) in [4.78, 5) is 6.38.